The third kappa shape index (κ3) is 5.22. The van der Waals surface area contributed by atoms with E-state index >= 15 is 0 Å². The standard InChI is InChI=1S/C22H25N5O3/c1-3-5-8-16-11-13-17(14-12-16)25-21-20(27(28)29)22(24-15-23-21)26-18-9-6-7-10-19(18)30-4-2/h6-7,9-15H,3-5,8H2,1-2H3,(H2,23,24,25,26). The fourth-order valence-corrected chi connectivity index (χ4v) is 2.99. The van der Waals surface area contributed by atoms with E-state index in [2.05, 4.69) is 27.5 Å². The van der Waals surface area contributed by atoms with Crippen molar-refractivity contribution < 1.29 is 9.66 Å². The summed E-state index contributed by atoms with van der Waals surface area (Å²) in [7, 11) is 0. The number of nitro groups is 1. The van der Waals surface area contributed by atoms with E-state index < -0.39 is 4.92 Å². The summed E-state index contributed by atoms with van der Waals surface area (Å²) in [4.78, 5) is 19.5. The van der Waals surface area contributed by atoms with Gasteiger partial charge in [-0.05, 0) is 49.6 Å². The minimum Gasteiger partial charge on any atom is -0.492 e. The minimum absolute atomic E-state index is 0.0872. The first-order valence-corrected chi connectivity index (χ1v) is 9.96. The summed E-state index contributed by atoms with van der Waals surface area (Å²) in [6.45, 7) is 4.51. The number of benzene rings is 2. The van der Waals surface area contributed by atoms with E-state index in [-0.39, 0.29) is 17.3 Å². The van der Waals surface area contributed by atoms with Crippen molar-refractivity contribution in [1.29, 1.82) is 0 Å². The second kappa shape index (κ2) is 10.2. The molecule has 8 heteroatoms. The average Bonchev–Trinajstić information content (AvgIpc) is 2.75. The lowest BCUT2D eigenvalue weighted by Crippen LogP contribution is -2.06. The summed E-state index contributed by atoms with van der Waals surface area (Å²) in [5.41, 5.74) is 2.30. The van der Waals surface area contributed by atoms with E-state index in [0.717, 1.165) is 24.9 Å². The van der Waals surface area contributed by atoms with Crippen LogP contribution in [0.1, 0.15) is 32.3 Å². The SMILES string of the molecule is CCCCc1ccc(Nc2ncnc(Nc3ccccc3OCC)c2[N+](=O)[O-])cc1. The normalized spacial score (nSPS) is 10.5. The maximum absolute atomic E-state index is 11.8. The zero-order chi connectivity index (χ0) is 21.3. The Morgan fingerprint density at radius 1 is 1.00 bits per heavy atom. The summed E-state index contributed by atoms with van der Waals surface area (Å²) < 4.78 is 5.58. The predicted octanol–water partition coefficient (Wildman–Crippen LogP) is 5.61. The van der Waals surface area contributed by atoms with E-state index in [1.54, 1.807) is 12.1 Å². The molecule has 1 aromatic heterocycles. The molecule has 0 aliphatic rings. The number of hydrogen-bond acceptors (Lipinski definition) is 7. The molecule has 8 nitrogen and oxygen atoms in total. The molecule has 0 atom stereocenters. The Bertz CT molecular complexity index is 992. The van der Waals surface area contributed by atoms with Crippen molar-refractivity contribution >= 4 is 28.7 Å². The van der Waals surface area contributed by atoms with Crippen molar-refractivity contribution in [2.45, 2.75) is 33.1 Å². The summed E-state index contributed by atoms with van der Waals surface area (Å²) in [6.07, 6.45) is 4.56. The Morgan fingerprint density at radius 3 is 2.37 bits per heavy atom. The summed E-state index contributed by atoms with van der Waals surface area (Å²) >= 11 is 0. The average molecular weight is 407 g/mol. The highest BCUT2D eigenvalue weighted by molar-refractivity contribution is 5.78. The number of ether oxygens (including phenoxy) is 1. The van der Waals surface area contributed by atoms with Crippen LogP contribution >= 0.6 is 0 Å². The van der Waals surface area contributed by atoms with Gasteiger partial charge in [0.05, 0.1) is 17.2 Å². The molecule has 0 bridgehead atoms. The monoisotopic (exact) mass is 407 g/mol. The first kappa shape index (κ1) is 21.0. The number of anilines is 4. The third-order valence-electron chi connectivity index (χ3n) is 4.48. The number of hydrogen-bond donors (Lipinski definition) is 2. The van der Waals surface area contributed by atoms with Crippen LogP contribution in [0.15, 0.2) is 54.9 Å². The number of aryl methyl sites for hydroxylation is 1. The molecule has 30 heavy (non-hydrogen) atoms. The molecule has 0 amide bonds. The molecule has 0 unspecified atom stereocenters. The molecule has 0 aliphatic heterocycles. The molecular formula is C22H25N5O3. The Balaban J connectivity index is 1.87. The van der Waals surface area contributed by atoms with Crippen LogP contribution in [-0.4, -0.2) is 21.5 Å². The minimum atomic E-state index is -0.496. The van der Waals surface area contributed by atoms with Gasteiger partial charge in [0.1, 0.15) is 12.1 Å². The van der Waals surface area contributed by atoms with Crippen molar-refractivity contribution in [3.8, 4) is 5.75 Å². The van der Waals surface area contributed by atoms with Crippen LogP contribution in [0, 0.1) is 10.1 Å². The third-order valence-corrected chi connectivity index (χ3v) is 4.48. The van der Waals surface area contributed by atoms with Gasteiger partial charge in [-0.3, -0.25) is 10.1 Å². The van der Waals surface area contributed by atoms with Gasteiger partial charge < -0.3 is 15.4 Å². The summed E-state index contributed by atoms with van der Waals surface area (Å²) in [5, 5.41) is 17.9. The van der Waals surface area contributed by atoms with Gasteiger partial charge in [0.2, 0.25) is 11.6 Å². The topological polar surface area (TPSA) is 102 Å². The molecule has 0 saturated carbocycles. The van der Waals surface area contributed by atoms with Gasteiger partial charge >= 0.3 is 5.69 Å². The van der Waals surface area contributed by atoms with Crippen LogP contribution in [0.25, 0.3) is 0 Å². The van der Waals surface area contributed by atoms with Crippen LogP contribution in [0.3, 0.4) is 0 Å². The van der Waals surface area contributed by atoms with Gasteiger partial charge in [0, 0.05) is 5.69 Å². The number of nitrogens with zero attached hydrogens (tertiary/aromatic N) is 3. The molecule has 2 N–H and O–H groups in total. The first-order valence-electron chi connectivity index (χ1n) is 9.96. The first-order chi connectivity index (χ1) is 14.6. The largest absolute Gasteiger partial charge is 0.492 e. The fourth-order valence-electron chi connectivity index (χ4n) is 2.99. The van der Waals surface area contributed by atoms with Gasteiger partial charge in [-0.2, -0.15) is 0 Å². The Kier molecular flexibility index (Phi) is 7.15. The second-order valence-corrected chi connectivity index (χ2v) is 6.66. The van der Waals surface area contributed by atoms with Crippen molar-refractivity contribution in [1.82, 2.24) is 9.97 Å². The highest BCUT2D eigenvalue weighted by Gasteiger charge is 2.24. The molecule has 0 spiro atoms. The van der Waals surface area contributed by atoms with Crippen LogP contribution in [0.5, 0.6) is 5.75 Å². The van der Waals surface area contributed by atoms with Gasteiger partial charge in [-0.25, -0.2) is 9.97 Å². The number of aromatic nitrogens is 2. The lowest BCUT2D eigenvalue weighted by atomic mass is 10.1. The molecule has 0 aliphatic carbocycles. The van der Waals surface area contributed by atoms with Gasteiger partial charge in [0.15, 0.2) is 0 Å². The Hall–Kier alpha value is -3.68. The predicted molar refractivity (Wildman–Crippen MR) is 118 cm³/mol. The number of rotatable bonds is 10. The summed E-state index contributed by atoms with van der Waals surface area (Å²) in [5.74, 6) is 0.794. The maximum atomic E-state index is 11.8. The lowest BCUT2D eigenvalue weighted by Gasteiger charge is -2.13. The molecule has 1 heterocycles. The molecular weight excluding hydrogens is 382 g/mol. The summed E-state index contributed by atoms with van der Waals surface area (Å²) in [6, 6.07) is 15.0. The van der Waals surface area contributed by atoms with Crippen molar-refractivity contribution in [2.75, 3.05) is 17.2 Å². The zero-order valence-corrected chi connectivity index (χ0v) is 17.1. The van der Waals surface area contributed by atoms with Gasteiger partial charge in [0.25, 0.3) is 0 Å². The van der Waals surface area contributed by atoms with Crippen molar-refractivity contribution in [2.24, 2.45) is 0 Å². The number of unbranched alkanes of at least 4 members (excludes halogenated alkanes) is 1. The van der Waals surface area contributed by atoms with Crippen molar-refractivity contribution in [3.63, 3.8) is 0 Å². The van der Waals surface area contributed by atoms with Crippen molar-refractivity contribution in [3.05, 3.63) is 70.5 Å². The van der Waals surface area contributed by atoms with Crippen LogP contribution < -0.4 is 15.4 Å². The molecule has 3 rings (SSSR count). The lowest BCUT2D eigenvalue weighted by molar-refractivity contribution is -0.383. The second-order valence-electron chi connectivity index (χ2n) is 6.66. The molecule has 0 radical (unpaired) electrons. The fraction of sp³-hybridized carbons (Fsp3) is 0.273. The number of para-hydroxylation sites is 2. The van der Waals surface area contributed by atoms with E-state index in [1.165, 1.54) is 11.9 Å². The maximum Gasteiger partial charge on any atom is 0.353 e. The molecule has 2 aromatic carbocycles. The van der Waals surface area contributed by atoms with E-state index in [9.17, 15) is 10.1 Å². The zero-order valence-electron chi connectivity index (χ0n) is 17.1. The molecule has 0 saturated heterocycles. The van der Waals surface area contributed by atoms with Crippen LogP contribution in [-0.2, 0) is 6.42 Å². The quantitative estimate of drug-likeness (QED) is 0.332. The number of nitrogens with one attached hydrogen (secondary N) is 2. The highest BCUT2D eigenvalue weighted by atomic mass is 16.6. The molecule has 0 fully saturated rings. The Labute approximate surface area is 175 Å². The molecule has 156 valence electrons. The van der Waals surface area contributed by atoms with E-state index in [0.29, 0.717) is 18.0 Å². The highest BCUT2D eigenvalue weighted by Crippen LogP contribution is 2.35. The Morgan fingerprint density at radius 2 is 1.70 bits per heavy atom. The van der Waals surface area contributed by atoms with E-state index in [1.807, 2.05) is 43.3 Å². The van der Waals surface area contributed by atoms with Gasteiger partial charge in [-0.1, -0.05) is 37.6 Å². The molecule has 3 aromatic rings. The van der Waals surface area contributed by atoms with Crippen LogP contribution in [0.2, 0.25) is 0 Å². The smallest absolute Gasteiger partial charge is 0.353 e. The van der Waals surface area contributed by atoms with Gasteiger partial charge in [-0.15, -0.1) is 0 Å². The van der Waals surface area contributed by atoms with Crippen LogP contribution in [0.4, 0.5) is 28.7 Å². The van der Waals surface area contributed by atoms with E-state index in [4.69, 9.17) is 4.74 Å².